The molecule has 0 aromatic rings. The lowest BCUT2D eigenvalue weighted by atomic mass is 10.2. The molecular formula is C8H15NO4. The van der Waals surface area contributed by atoms with E-state index >= 15 is 0 Å². The van der Waals surface area contributed by atoms with Gasteiger partial charge in [0.15, 0.2) is 0 Å². The lowest BCUT2D eigenvalue weighted by Crippen LogP contribution is -2.35. The molecule has 0 radical (unpaired) electrons. The topological polar surface area (TPSA) is 55.8 Å². The molecule has 5 nitrogen and oxygen atoms in total. The van der Waals surface area contributed by atoms with Gasteiger partial charge in [0.1, 0.15) is 6.61 Å². The molecule has 0 spiro atoms. The third kappa shape index (κ3) is 7.27. The third-order valence-electron chi connectivity index (χ3n) is 1.01. The molecule has 0 aromatic carbocycles. The van der Waals surface area contributed by atoms with E-state index in [0.717, 1.165) is 5.06 Å². The molecule has 76 valence electrons. The molecule has 0 N–H and O–H groups in total. The van der Waals surface area contributed by atoms with Crippen molar-refractivity contribution >= 4 is 12.9 Å². The molecule has 1 amide bonds. The molecule has 5 heteroatoms. The molecule has 0 saturated heterocycles. The fraction of sp³-hybridized carbons (Fsp3) is 0.750. The van der Waals surface area contributed by atoms with Gasteiger partial charge in [-0.15, -0.1) is 0 Å². The highest BCUT2D eigenvalue weighted by Crippen LogP contribution is 2.08. The summed E-state index contributed by atoms with van der Waals surface area (Å²) in [6.45, 7) is 6.18. The summed E-state index contributed by atoms with van der Waals surface area (Å²) in [6.07, 6.45) is 0.555. The quantitative estimate of drug-likeness (QED) is 0.343. The predicted octanol–water partition coefficient (Wildman–Crippen LogP) is 0.348. The number of nitrogens with zero attached hydrogens (tertiary/aromatic N) is 1. The number of carbonyl (C=O) groups is 2. The molecule has 0 unspecified atom stereocenters. The first kappa shape index (κ1) is 11.9. The highest BCUT2D eigenvalue weighted by molar-refractivity contribution is 5.45. The summed E-state index contributed by atoms with van der Waals surface area (Å²) < 4.78 is 4.42. The van der Waals surface area contributed by atoms with Crippen LogP contribution in [0.25, 0.3) is 0 Å². The lowest BCUT2D eigenvalue weighted by molar-refractivity contribution is -0.218. The SMILES string of the molecule is CC(C)(C)ON(C=O)CCOC=O. The number of carbonyl (C=O) groups excluding carboxylic acids is 2. The normalized spacial score (nSPS) is 10.7. The minimum atomic E-state index is -0.428. The zero-order valence-corrected chi connectivity index (χ0v) is 8.15. The van der Waals surface area contributed by atoms with Crippen molar-refractivity contribution in [3.05, 3.63) is 0 Å². The molecule has 0 aliphatic carbocycles. The summed E-state index contributed by atoms with van der Waals surface area (Å²) in [4.78, 5) is 25.4. The first-order valence-electron chi connectivity index (χ1n) is 3.96. The largest absolute Gasteiger partial charge is 0.466 e. The molecule has 0 aliphatic rings. The molecule has 0 rings (SSSR count). The maximum absolute atomic E-state index is 10.4. The minimum Gasteiger partial charge on any atom is -0.466 e. The van der Waals surface area contributed by atoms with Crippen molar-refractivity contribution in [1.82, 2.24) is 5.06 Å². The predicted molar refractivity (Wildman–Crippen MR) is 45.6 cm³/mol. The zero-order valence-electron chi connectivity index (χ0n) is 8.15. The maximum atomic E-state index is 10.4. The number of hydrogen-bond acceptors (Lipinski definition) is 4. The highest BCUT2D eigenvalue weighted by atomic mass is 16.7. The van der Waals surface area contributed by atoms with E-state index < -0.39 is 5.60 Å². The zero-order chi connectivity index (χ0) is 10.3. The number of hydrogen-bond donors (Lipinski definition) is 0. The van der Waals surface area contributed by atoms with Crippen molar-refractivity contribution in [2.24, 2.45) is 0 Å². The minimum absolute atomic E-state index is 0.137. The van der Waals surface area contributed by atoms with Gasteiger partial charge >= 0.3 is 0 Å². The van der Waals surface area contributed by atoms with Crippen LogP contribution in [0.3, 0.4) is 0 Å². The van der Waals surface area contributed by atoms with E-state index in [-0.39, 0.29) is 13.2 Å². The van der Waals surface area contributed by atoms with E-state index in [0.29, 0.717) is 12.9 Å². The van der Waals surface area contributed by atoms with Gasteiger partial charge in [-0.25, -0.2) is 5.06 Å². The van der Waals surface area contributed by atoms with E-state index in [9.17, 15) is 9.59 Å². The second-order valence-corrected chi connectivity index (χ2v) is 3.42. The second kappa shape index (κ2) is 5.53. The van der Waals surface area contributed by atoms with Crippen LogP contribution >= 0.6 is 0 Å². The van der Waals surface area contributed by atoms with Gasteiger partial charge < -0.3 is 4.74 Å². The molecule has 0 fully saturated rings. The number of ether oxygens (including phenoxy) is 1. The smallest absolute Gasteiger partial charge is 0.293 e. The van der Waals surface area contributed by atoms with Gasteiger partial charge in [0.25, 0.3) is 6.47 Å². The Morgan fingerprint density at radius 1 is 1.31 bits per heavy atom. The van der Waals surface area contributed by atoms with Crippen LogP contribution in [0, 0.1) is 0 Å². The number of rotatable bonds is 6. The first-order valence-corrected chi connectivity index (χ1v) is 3.96. The first-order chi connectivity index (χ1) is 5.99. The van der Waals surface area contributed by atoms with Crippen LogP contribution in [-0.2, 0) is 19.2 Å². The number of hydroxylamine groups is 2. The summed E-state index contributed by atoms with van der Waals surface area (Å²) in [5.41, 5.74) is -0.428. The average Bonchev–Trinajstić information content (AvgIpc) is 2.01. The van der Waals surface area contributed by atoms with Crippen molar-refractivity contribution in [3.63, 3.8) is 0 Å². The van der Waals surface area contributed by atoms with E-state index in [4.69, 9.17) is 4.84 Å². The van der Waals surface area contributed by atoms with Gasteiger partial charge in [0.2, 0.25) is 6.41 Å². The van der Waals surface area contributed by atoms with E-state index in [1.807, 2.05) is 20.8 Å². The van der Waals surface area contributed by atoms with Gasteiger partial charge in [-0.1, -0.05) is 0 Å². The Morgan fingerprint density at radius 2 is 1.92 bits per heavy atom. The summed E-state index contributed by atoms with van der Waals surface area (Å²) in [5.74, 6) is 0. The van der Waals surface area contributed by atoms with Crippen LogP contribution in [-0.4, -0.2) is 36.7 Å². The Bertz CT molecular complexity index is 164. The van der Waals surface area contributed by atoms with E-state index in [1.165, 1.54) is 0 Å². The molecule has 0 bridgehead atoms. The Kier molecular flexibility index (Phi) is 5.06. The summed E-state index contributed by atoms with van der Waals surface area (Å²) in [7, 11) is 0. The molecular weight excluding hydrogens is 174 g/mol. The fourth-order valence-corrected chi connectivity index (χ4v) is 0.662. The Labute approximate surface area is 77.6 Å². The van der Waals surface area contributed by atoms with E-state index in [2.05, 4.69) is 4.74 Å². The van der Waals surface area contributed by atoms with E-state index in [1.54, 1.807) is 0 Å². The summed E-state index contributed by atoms with van der Waals surface area (Å²) in [5, 5.41) is 1.10. The van der Waals surface area contributed by atoms with Crippen molar-refractivity contribution in [1.29, 1.82) is 0 Å². The van der Waals surface area contributed by atoms with Crippen LogP contribution in [0.4, 0.5) is 0 Å². The molecule has 0 heterocycles. The molecule has 0 atom stereocenters. The molecule has 0 aromatic heterocycles. The number of amides is 1. The summed E-state index contributed by atoms with van der Waals surface area (Å²) >= 11 is 0. The van der Waals surface area contributed by atoms with Crippen molar-refractivity contribution in [2.75, 3.05) is 13.2 Å². The molecule has 0 saturated carbocycles. The average molecular weight is 189 g/mol. The van der Waals surface area contributed by atoms with Crippen LogP contribution in [0.15, 0.2) is 0 Å². The second-order valence-electron chi connectivity index (χ2n) is 3.42. The lowest BCUT2D eigenvalue weighted by Gasteiger charge is -2.26. The van der Waals surface area contributed by atoms with Gasteiger partial charge in [0, 0.05) is 0 Å². The Morgan fingerprint density at radius 3 is 2.31 bits per heavy atom. The van der Waals surface area contributed by atoms with Gasteiger partial charge in [-0.2, -0.15) is 0 Å². The van der Waals surface area contributed by atoms with Crippen molar-refractivity contribution in [2.45, 2.75) is 26.4 Å². The Balaban J connectivity index is 3.76. The maximum Gasteiger partial charge on any atom is 0.293 e. The molecule has 0 aliphatic heterocycles. The van der Waals surface area contributed by atoms with Gasteiger partial charge in [-0.3, -0.25) is 14.4 Å². The summed E-state index contributed by atoms with van der Waals surface area (Å²) in [6, 6.07) is 0. The standard InChI is InChI=1S/C8H15NO4/c1-8(2,3)13-9(6-10)4-5-12-7-11/h6-7H,4-5H2,1-3H3. The monoisotopic (exact) mass is 189 g/mol. The van der Waals surface area contributed by atoms with Crippen molar-refractivity contribution < 1.29 is 19.2 Å². The van der Waals surface area contributed by atoms with Gasteiger partial charge in [0.05, 0.1) is 12.1 Å². The van der Waals surface area contributed by atoms with Crippen LogP contribution in [0.2, 0.25) is 0 Å². The van der Waals surface area contributed by atoms with Crippen LogP contribution < -0.4 is 0 Å². The highest BCUT2D eigenvalue weighted by Gasteiger charge is 2.15. The van der Waals surface area contributed by atoms with Gasteiger partial charge in [-0.05, 0) is 20.8 Å². The fourth-order valence-electron chi connectivity index (χ4n) is 0.662. The van der Waals surface area contributed by atoms with Crippen LogP contribution in [0.5, 0.6) is 0 Å². The van der Waals surface area contributed by atoms with Crippen LogP contribution in [0.1, 0.15) is 20.8 Å². The van der Waals surface area contributed by atoms with Crippen molar-refractivity contribution in [3.8, 4) is 0 Å². The Hall–Kier alpha value is -1.10. The molecule has 13 heavy (non-hydrogen) atoms. The third-order valence-corrected chi connectivity index (χ3v) is 1.01.